The van der Waals surface area contributed by atoms with Crippen molar-refractivity contribution < 1.29 is 14.3 Å². The van der Waals surface area contributed by atoms with Gasteiger partial charge in [0.05, 0.1) is 20.1 Å². The summed E-state index contributed by atoms with van der Waals surface area (Å²) in [6.45, 7) is 3.96. The molecule has 0 rings (SSSR count). The average Bonchev–Trinajstić information content (AvgIpc) is 2.63. The Bertz CT molecular complexity index is 272. The molecule has 150 valence electrons. The molecule has 0 aliphatic rings. The monoisotopic (exact) mass is 374 g/mol. The molecule has 0 N–H and O–H groups in total. The van der Waals surface area contributed by atoms with Gasteiger partial charge in [0, 0.05) is 18.1 Å². The summed E-state index contributed by atoms with van der Waals surface area (Å²) < 4.78 is 10.2. The Kier molecular flexibility index (Phi) is 21.6. The second-order valence-corrected chi connectivity index (χ2v) is 8.02. The number of hydrogen-bond donors (Lipinski definition) is 0. The minimum atomic E-state index is -0.125. The third kappa shape index (κ3) is 21.7. The van der Waals surface area contributed by atoms with Crippen LogP contribution in [0.25, 0.3) is 0 Å². The van der Waals surface area contributed by atoms with Crippen molar-refractivity contribution >= 4 is 17.7 Å². The van der Waals surface area contributed by atoms with Crippen LogP contribution < -0.4 is 0 Å². The van der Waals surface area contributed by atoms with Crippen molar-refractivity contribution in [3.05, 3.63) is 0 Å². The molecule has 3 nitrogen and oxygen atoms in total. The van der Waals surface area contributed by atoms with Crippen molar-refractivity contribution in [2.24, 2.45) is 0 Å². The van der Waals surface area contributed by atoms with E-state index in [1.165, 1.54) is 90.6 Å². The summed E-state index contributed by atoms with van der Waals surface area (Å²) in [7, 11) is 1.44. The van der Waals surface area contributed by atoms with Gasteiger partial charge in [-0.15, -0.1) is 0 Å². The fraction of sp³-hybridized carbons (Fsp3) is 0.952. The first-order valence-corrected chi connectivity index (χ1v) is 11.7. The largest absolute Gasteiger partial charge is 0.469 e. The van der Waals surface area contributed by atoms with Crippen LogP contribution in [0.15, 0.2) is 0 Å². The number of carbonyl (C=O) groups excluding carboxylic acids is 1. The normalized spacial score (nSPS) is 11.0. The second-order valence-electron chi connectivity index (χ2n) is 6.79. The Morgan fingerprint density at radius 2 is 1.24 bits per heavy atom. The Hall–Kier alpha value is -0.220. The summed E-state index contributed by atoms with van der Waals surface area (Å²) in [6, 6.07) is 0. The zero-order valence-corrected chi connectivity index (χ0v) is 17.7. The topological polar surface area (TPSA) is 35.5 Å². The van der Waals surface area contributed by atoms with E-state index in [4.69, 9.17) is 4.74 Å². The number of hydrogen-bond acceptors (Lipinski definition) is 4. The van der Waals surface area contributed by atoms with Crippen molar-refractivity contribution in [2.75, 3.05) is 31.8 Å². The molecule has 0 spiro atoms. The molecule has 0 atom stereocenters. The van der Waals surface area contributed by atoms with Crippen molar-refractivity contribution in [1.29, 1.82) is 0 Å². The van der Waals surface area contributed by atoms with Crippen LogP contribution in [0.3, 0.4) is 0 Å². The number of carbonyl (C=O) groups is 1. The van der Waals surface area contributed by atoms with E-state index < -0.39 is 0 Å². The van der Waals surface area contributed by atoms with Crippen LogP contribution in [0, 0.1) is 0 Å². The maximum atomic E-state index is 10.9. The van der Waals surface area contributed by atoms with E-state index in [2.05, 4.69) is 11.7 Å². The number of methoxy groups -OCH3 is 1. The van der Waals surface area contributed by atoms with E-state index in [0.29, 0.717) is 6.42 Å². The van der Waals surface area contributed by atoms with Gasteiger partial charge in [0.1, 0.15) is 0 Å². The summed E-state index contributed by atoms with van der Waals surface area (Å²) in [4.78, 5) is 10.9. The third-order valence-corrected chi connectivity index (χ3v) is 5.39. The molecule has 0 aromatic rings. The van der Waals surface area contributed by atoms with Gasteiger partial charge in [-0.05, 0) is 6.42 Å². The van der Waals surface area contributed by atoms with Gasteiger partial charge in [-0.1, -0.05) is 84.0 Å². The first kappa shape index (κ1) is 24.8. The Morgan fingerprint density at radius 1 is 0.720 bits per heavy atom. The van der Waals surface area contributed by atoms with E-state index >= 15 is 0 Å². The van der Waals surface area contributed by atoms with E-state index in [0.717, 1.165) is 24.7 Å². The maximum absolute atomic E-state index is 10.9. The zero-order chi connectivity index (χ0) is 18.4. The van der Waals surface area contributed by atoms with Gasteiger partial charge in [0.25, 0.3) is 0 Å². The van der Waals surface area contributed by atoms with Gasteiger partial charge >= 0.3 is 5.97 Å². The summed E-state index contributed by atoms with van der Waals surface area (Å²) in [6.07, 6.45) is 18.5. The van der Waals surface area contributed by atoms with Gasteiger partial charge in [0.2, 0.25) is 0 Å². The van der Waals surface area contributed by atoms with Gasteiger partial charge in [0.15, 0.2) is 0 Å². The Balaban J connectivity index is 2.99. The molecule has 0 saturated heterocycles. The van der Waals surface area contributed by atoms with Crippen molar-refractivity contribution in [3.8, 4) is 0 Å². The van der Waals surface area contributed by atoms with Crippen molar-refractivity contribution in [3.63, 3.8) is 0 Å². The zero-order valence-electron chi connectivity index (χ0n) is 16.9. The summed E-state index contributed by atoms with van der Waals surface area (Å²) in [5.74, 6) is 1.67. The number of rotatable bonds is 20. The lowest BCUT2D eigenvalue weighted by Gasteiger charge is -2.05. The Labute approximate surface area is 161 Å². The molecule has 0 saturated carbocycles. The first-order chi connectivity index (χ1) is 12.3. The molecule has 0 aromatic heterocycles. The maximum Gasteiger partial charge on any atom is 0.306 e. The van der Waals surface area contributed by atoms with Gasteiger partial charge < -0.3 is 9.47 Å². The molecular formula is C21H42O3S. The molecule has 0 fully saturated rings. The summed E-state index contributed by atoms with van der Waals surface area (Å²) in [5.41, 5.74) is 0. The van der Waals surface area contributed by atoms with Gasteiger partial charge in [-0.2, -0.15) is 11.8 Å². The molecule has 0 amide bonds. The molecule has 25 heavy (non-hydrogen) atoms. The highest BCUT2D eigenvalue weighted by Crippen LogP contribution is 2.12. The van der Waals surface area contributed by atoms with E-state index in [-0.39, 0.29) is 5.97 Å². The predicted molar refractivity (Wildman–Crippen MR) is 110 cm³/mol. The minimum Gasteiger partial charge on any atom is -0.469 e. The smallest absolute Gasteiger partial charge is 0.306 e. The van der Waals surface area contributed by atoms with Crippen molar-refractivity contribution in [1.82, 2.24) is 0 Å². The van der Waals surface area contributed by atoms with E-state index in [1.54, 1.807) is 11.8 Å². The molecule has 0 aromatic carbocycles. The number of unbranched alkanes of at least 4 members (excludes halogenated alkanes) is 12. The van der Waals surface area contributed by atoms with Crippen molar-refractivity contribution in [2.45, 2.75) is 96.8 Å². The molecule has 0 aliphatic heterocycles. The molecular weight excluding hydrogens is 332 g/mol. The fourth-order valence-corrected chi connectivity index (χ4v) is 3.55. The minimum absolute atomic E-state index is 0.125. The first-order valence-electron chi connectivity index (χ1n) is 10.5. The van der Waals surface area contributed by atoms with Crippen LogP contribution in [-0.4, -0.2) is 37.8 Å². The van der Waals surface area contributed by atoms with Crippen LogP contribution in [-0.2, 0) is 14.3 Å². The highest BCUT2D eigenvalue weighted by atomic mass is 32.2. The lowest BCUT2D eigenvalue weighted by molar-refractivity contribution is -0.140. The number of esters is 1. The molecule has 0 bridgehead atoms. The van der Waals surface area contributed by atoms with Crippen LogP contribution >= 0.6 is 11.8 Å². The Morgan fingerprint density at radius 3 is 1.76 bits per heavy atom. The molecule has 0 heterocycles. The summed E-state index contributed by atoms with van der Waals surface area (Å²) in [5, 5.41) is 0. The highest BCUT2D eigenvalue weighted by Gasteiger charge is 1.99. The number of ether oxygens (including phenoxy) is 2. The fourth-order valence-electron chi connectivity index (χ4n) is 2.80. The van der Waals surface area contributed by atoms with E-state index in [9.17, 15) is 4.79 Å². The van der Waals surface area contributed by atoms with Gasteiger partial charge in [-0.3, -0.25) is 4.79 Å². The van der Waals surface area contributed by atoms with Crippen LogP contribution in [0.5, 0.6) is 0 Å². The van der Waals surface area contributed by atoms with Crippen LogP contribution in [0.1, 0.15) is 96.8 Å². The van der Waals surface area contributed by atoms with Gasteiger partial charge in [-0.25, -0.2) is 0 Å². The standard InChI is InChI=1S/C21H42O3S/c1-3-4-5-6-7-8-9-10-11-12-13-14-15-17-24-18-20-25-19-16-21(22)23-2/h3-20H2,1-2H3. The van der Waals surface area contributed by atoms with Crippen LogP contribution in [0.4, 0.5) is 0 Å². The molecule has 4 heteroatoms. The molecule has 0 radical (unpaired) electrons. The SMILES string of the molecule is CCCCCCCCCCCCCCCOCCSCCC(=O)OC. The third-order valence-electron chi connectivity index (χ3n) is 4.44. The predicted octanol–water partition coefficient (Wildman–Crippen LogP) is 6.39. The quantitative estimate of drug-likeness (QED) is 0.183. The molecule has 0 aliphatic carbocycles. The molecule has 0 unspecified atom stereocenters. The lowest BCUT2D eigenvalue weighted by atomic mass is 10.0. The lowest BCUT2D eigenvalue weighted by Crippen LogP contribution is -2.03. The highest BCUT2D eigenvalue weighted by molar-refractivity contribution is 7.99. The van der Waals surface area contributed by atoms with Crippen LogP contribution in [0.2, 0.25) is 0 Å². The van der Waals surface area contributed by atoms with E-state index in [1.807, 2.05) is 0 Å². The second kappa shape index (κ2) is 21.8. The average molecular weight is 375 g/mol. The summed E-state index contributed by atoms with van der Waals surface area (Å²) >= 11 is 1.76. The number of thioether (sulfide) groups is 1.